The number of hydrogen-bond donors (Lipinski definition) is 2. The van der Waals surface area contributed by atoms with Crippen molar-refractivity contribution in [1.82, 2.24) is 20.3 Å². The molecular weight excluding hydrogens is 268 g/mol. The second kappa shape index (κ2) is 6.01. The molecule has 0 bridgehead atoms. The van der Waals surface area contributed by atoms with Crippen molar-refractivity contribution in [2.45, 2.75) is 13.8 Å². The maximum Gasteiger partial charge on any atom is 0.230 e. The average Bonchev–Trinajstić information content (AvgIpc) is 2.34. The number of aromatic nitrogens is 3. The number of rotatable bonds is 5. The largest absolute Gasteiger partial charge is 0.359 e. The third kappa shape index (κ3) is 4.20. The molecule has 1 heterocycles. The van der Waals surface area contributed by atoms with Crippen molar-refractivity contribution >= 4 is 29.4 Å². The minimum atomic E-state index is -0.577. The highest BCUT2D eigenvalue weighted by Gasteiger charge is 2.26. The molecule has 0 atom stereocenters. The van der Waals surface area contributed by atoms with Crippen molar-refractivity contribution in [3.63, 3.8) is 0 Å². The quantitative estimate of drug-likeness (QED) is 0.832. The molecule has 0 aliphatic rings. The van der Waals surface area contributed by atoms with E-state index in [2.05, 4.69) is 25.6 Å². The Bertz CT molecular complexity index is 462. The molecule has 1 amide bonds. The highest BCUT2D eigenvalue weighted by atomic mass is 35.5. The second-order valence-corrected chi connectivity index (χ2v) is 5.28. The van der Waals surface area contributed by atoms with Crippen LogP contribution in [0.25, 0.3) is 0 Å². The SMILES string of the molecule is CNC(=O)C(C)(C)CNc1nc(Cl)nc(N(C)C)n1. The fraction of sp³-hybridized carbons (Fsp3) is 0.636. The molecule has 1 rings (SSSR count). The lowest BCUT2D eigenvalue weighted by Gasteiger charge is -2.23. The van der Waals surface area contributed by atoms with Crippen molar-refractivity contribution in [1.29, 1.82) is 0 Å². The summed E-state index contributed by atoms with van der Waals surface area (Å²) in [6.07, 6.45) is 0. The van der Waals surface area contributed by atoms with Gasteiger partial charge in [0.1, 0.15) is 0 Å². The van der Waals surface area contributed by atoms with Gasteiger partial charge in [0.2, 0.25) is 23.1 Å². The molecule has 19 heavy (non-hydrogen) atoms. The molecule has 0 saturated heterocycles. The first-order valence-corrected chi connectivity index (χ1v) is 6.19. The van der Waals surface area contributed by atoms with Gasteiger partial charge in [0.05, 0.1) is 5.41 Å². The molecule has 7 nitrogen and oxygen atoms in total. The van der Waals surface area contributed by atoms with Gasteiger partial charge in [0.15, 0.2) is 0 Å². The van der Waals surface area contributed by atoms with E-state index in [1.807, 2.05) is 27.9 Å². The van der Waals surface area contributed by atoms with Crippen LogP contribution in [-0.4, -0.2) is 48.5 Å². The summed E-state index contributed by atoms with van der Waals surface area (Å²) in [6, 6.07) is 0. The minimum Gasteiger partial charge on any atom is -0.359 e. The summed E-state index contributed by atoms with van der Waals surface area (Å²) in [6.45, 7) is 4.04. The van der Waals surface area contributed by atoms with E-state index in [4.69, 9.17) is 11.6 Å². The number of anilines is 2. The van der Waals surface area contributed by atoms with Crippen LogP contribution in [0.2, 0.25) is 5.28 Å². The molecule has 0 fully saturated rings. The molecule has 8 heteroatoms. The van der Waals surface area contributed by atoms with Gasteiger partial charge in [-0.05, 0) is 25.4 Å². The summed E-state index contributed by atoms with van der Waals surface area (Å²) in [7, 11) is 5.22. The first-order chi connectivity index (χ1) is 8.76. The highest BCUT2D eigenvalue weighted by molar-refractivity contribution is 6.28. The molecule has 0 saturated carbocycles. The standard InChI is InChI=1S/C11H19ClN6O/c1-11(2,7(19)13-3)6-14-9-15-8(12)16-10(17-9)18(4)5/h6H2,1-5H3,(H,13,19)(H,14,15,16,17). The van der Waals surface area contributed by atoms with Crippen LogP contribution in [0.1, 0.15) is 13.8 Å². The van der Waals surface area contributed by atoms with Gasteiger partial charge in [-0.1, -0.05) is 0 Å². The fourth-order valence-electron chi connectivity index (χ4n) is 1.34. The lowest BCUT2D eigenvalue weighted by molar-refractivity contribution is -0.128. The Labute approximate surface area is 117 Å². The zero-order valence-corrected chi connectivity index (χ0v) is 12.5. The van der Waals surface area contributed by atoms with E-state index in [0.717, 1.165) is 0 Å². The fourth-order valence-corrected chi connectivity index (χ4v) is 1.49. The number of nitrogens with zero attached hydrogens (tertiary/aromatic N) is 4. The first kappa shape index (κ1) is 15.4. The molecule has 106 valence electrons. The van der Waals surface area contributed by atoms with Gasteiger partial charge >= 0.3 is 0 Å². The van der Waals surface area contributed by atoms with E-state index in [1.54, 1.807) is 11.9 Å². The van der Waals surface area contributed by atoms with Gasteiger partial charge in [-0.25, -0.2) is 0 Å². The Morgan fingerprint density at radius 3 is 2.47 bits per heavy atom. The average molecular weight is 287 g/mol. The molecule has 0 aliphatic heterocycles. The number of carbonyl (C=O) groups is 1. The molecule has 0 aliphatic carbocycles. The molecule has 0 radical (unpaired) electrons. The molecule has 0 aromatic carbocycles. The Hall–Kier alpha value is -1.63. The van der Waals surface area contributed by atoms with E-state index >= 15 is 0 Å². The van der Waals surface area contributed by atoms with Crippen LogP contribution in [0.3, 0.4) is 0 Å². The Balaban J connectivity index is 2.81. The smallest absolute Gasteiger partial charge is 0.230 e. The predicted octanol–water partition coefficient (Wildman–Crippen LogP) is 0.775. The zero-order valence-electron chi connectivity index (χ0n) is 11.8. The lowest BCUT2D eigenvalue weighted by Crippen LogP contribution is -2.39. The van der Waals surface area contributed by atoms with Crippen LogP contribution >= 0.6 is 11.6 Å². The Morgan fingerprint density at radius 2 is 1.95 bits per heavy atom. The van der Waals surface area contributed by atoms with Crippen molar-refractivity contribution in [2.75, 3.05) is 37.9 Å². The summed E-state index contributed by atoms with van der Waals surface area (Å²) in [5.41, 5.74) is -0.577. The van der Waals surface area contributed by atoms with E-state index in [0.29, 0.717) is 18.4 Å². The molecule has 2 N–H and O–H groups in total. The summed E-state index contributed by atoms with van der Waals surface area (Å²) in [5, 5.41) is 5.73. The lowest BCUT2D eigenvalue weighted by atomic mass is 9.92. The van der Waals surface area contributed by atoms with Crippen LogP contribution in [0.4, 0.5) is 11.9 Å². The monoisotopic (exact) mass is 286 g/mol. The second-order valence-electron chi connectivity index (χ2n) is 4.94. The van der Waals surface area contributed by atoms with Crippen LogP contribution in [0, 0.1) is 5.41 Å². The van der Waals surface area contributed by atoms with Crippen LogP contribution < -0.4 is 15.5 Å². The molecular formula is C11H19ClN6O. The van der Waals surface area contributed by atoms with Crippen LogP contribution in [0.15, 0.2) is 0 Å². The van der Waals surface area contributed by atoms with Crippen molar-refractivity contribution in [3.8, 4) is 0 Å². The molecule has 0 unspecified atom stereocenters. The normalized spacial score (nSPS) is 11.1. The maximum absolute atomic E-state index is 11.7. The third-order valence-electron chi connectivity index (χ3n) is 2.53. The predicted molar refractivity (Wildman–Crippen MR) is 75.5 cm³/mol. The van der Waals surface area contributed by atoms with Gasteiger partial charge < -0.3 is 15.5 Å². The summed E-state index contributed by atoms with van der Waals surface area (Å²) >= 11 is 5.83. The van der Waals surface area contributed by atoms with Crippen LogP contribution in [0.5, 0.6) is 0 Å². The molecule has 1 aromatic rings. The van der Waals surface area contributed by atoms with E-state index in [9.17, 15) is 4.79 Å². The number of hydrogen-bond acceptors (Lipinski definition) is 6. The van der Waals surface area contributed by atoms with Crippen molar-refractivity contribution in [3.05, 3.63) is 5.28 Å². The highest BCUT2D eigenvalue weighted by Crippen LogP contribution is 2.17. The molecule has 0 spiro atoms. The van der Waals surface area contributed by atoms with E-state index in [-0.39, 0.29) is 11.2 Å². The maximum atomic E-state index is 11.7. The first-order valence-electron chi connectivity index (χ1n) is 5.81. The van der Waals surface area contributed by atoms with Gasteiger partial charge in [-0.2, -0.15) is 15.0 Å². The summed E-state index contributed by atoms with van der Waals surface area (Å²) in [5.74, 6) is 0.744. The number of amides is 1. The van der Waals surface area contributed by atoms with Gasteiger partial charge in [-0.15, -0.1) is 0 Å². The Kier molecular flexibility index (Phi) is 4.88. The Morgan fingerprint density at radius 1 is 1.32 bits per heavy atom. The van der Waals surface area contributed by atoms with Crippen LogP contribution in [-0.2, 0) is 4.79 Å². The molecule has 1 aromatic heterocycles. The number of halogens is 1. The number of carbonyl (C=O) groups excluding carboxylic acids is 1. The van der Waals surface area contributed by atoms with E-state index < -0.39 is 5.41 Å². The van der Waals surface area contributed by atoms with Gasteiger partial charge in [0, 0.05) is 27.7 Å². The summed E-state index contributed by atoms with van der Waals surface area (Å²) in [4.78, 5) is 25.5. The zero-order chi connectivity index (χ0) is 14.6. The van der Waals surface area contributed by atoms with Crippen molar-refractivity contribution in [2.24, 2.45) is 5.41 Å². The van der Waals surface area contributed by atoms with Gasteiger partial charge in [-0.3, -0.25) is 4.79 Å². The van der Waals surface area contributed by atoms with Crippen molar-refractivity contribution < 1.29 is 4.79 Å². The van der Waals surface area contributed by atoms with E-state index in [1.165, 1.54) is 0 Å². The minimum absolute atomic E-state index is 0.0620. The third-order valence-corrected chi connectivity index (χ3v) is 2.70. The number of nitrogens with one attached hydrogen (secondary N) is 2. The topological polar surface area (TPSA) is 83.0 Å². The van der Waals surface area contributed by atoms with Gasteiger partial charge in [0.25, 0.3) is 0 Å². The summed E-state index contributed by atoms with van der Waals surface area (Å²) < 4.78 is 0.